The zero-order valence-electron chi connectivity index (χ0n) is 12.7. The van der Waals surface area contributed by atoms with Crippen LogP contribution in [0.5, 0.6) is 0 Å². The van der Waals surface area contributed by atoms with E-state index in [1.165, 1.54) is 17.5 Å². The summed E-state index contributed by atoms with van der Waals surface area (Å²) in [4.78, 5) is 17.0. The lowest BCUT2D eigenvalue weighted by molar-refractivity contribution is 0.0526. The summed E-state index contributed by atoms with van der Waals surface area (Å²) in [6.45, 7) is 2.58. The first-order chi connectivity index (χ1) is 11.6. The second-order valence-electron chi connectivity index (χ2n) is 4.89. The molecule has 0 radical (unpaired) electrons. The van der Waals surface area contributed by atoms with E-state index in [2.05, 4.69) is 10.1 Å². The zero-order valence-corrected chi connectivity index (χ0v) is 15.0. The Morgan fingerprint density at radius 2 is 2.12 bits per heavy atom. The Balaban J connectivity index is 1.74. The fraction of sp³-hybridized carbons (Fsp3) is 0.188. The number of ether oxygens (including phenoxy) is 1. The third-order valence-electron chi connectivity index (χ3n) is 3.20. The molecule has 0 unspecified atom stereocenters. The van der Waals surface area contributed by atoms with Crippen LogP contribution in [0, 0.1) is 0 Å². The smallest absolute Gasteiger partial charge is 0.341 e. The third-order valence-corrected chi connectivity index (χ3v) is 4.97. The van der Waals surface area contributed by atoms with Gasteiger partial charge in [-0.2, -0.15) is 5.10 Å². The van der Waals surface area contributed by atoms with Crippen molar-refractivity contribution in [2.75, 3.05) is 6.61 Å². The molecule has 0 N–H and O–H groups in total. The number of rotatable bonds is 5. The Bertz CT molecular complexity index is 876. The molecule has 3 aromatic rings. The maximum absolute atomic E-state index is 11.6. The van der Waals surface area contributed by atoms with Gasteiger partial charge < -0.3 is 4.74 Å². The molecule has 0 atom stereocenters. The van der Waals surface area contributed by atoms with Crippen molar-refractivity contribution in [2.45, 2.75) is 13.5 Å². The molecule has 0 amide bonds. The largest absolute Gasteiger partial charge is 0.462 e. The summed E-state index contributed by atoms with van der Waals surface area (Å²) >= 11 is 13.5. The number of hydrogen-bond acceptors (Lipinski definition) is 5. The number of halogens is 2. The second kappa shape index (κ2) is 7.34. The van der Waals surface area contributed by atoms with Gasteiger partial charge in [-0.05, 0) is 24.6 Å². The first-order valence-corrected chi connectivity index (χ1v) is 8.73. The highest BCUT2D eigenvalue weighted by Gasteiger charge is 2.11. The predicted molar refractivity (Wildman–Crippen MR) is 94.9 cm³/mol. The van der Waals surface area contributed by atoms with Gasteiger partial charge in [0, 0.05) is 12.4 Å². The van der Waals surface area contributed by atoms with Gasteiger partial charge in [-0.15, -0.1) is 11.3 Å². The molecular formula is C16H13Cl2N3O2S. The summed E-state index contributed by atoms with van der Waals surface area (Å²) < 4.78 is 6.60. The van der Waals surface area contributed by atoms with Crippen LogP contribution in [0.15, 0.2) is 36.8 Å². The lowest BCUT2D eigenvalue weighted by Gasteiger charge is -2.00. The first kappa shape index (κ1) is 17.0. The van der Waals surface area contributed by atoms with Crippen molar-refractivity contribution in [1.29, 1.82) is 0 Å². The molecule has 5 nitrogen and oxygen atoms in total. The molecule has 0 saturated heterocycles. The lowest BCUT2D eigenvalue weighted by atomic mass is 10.2. The second-order valence-corrected chi connectivity index (χ2v) is 6.82. The van der Waals surface area contributed by atoms with Crippen LogP contribution in [-0.4, -0.2) is 27.3 Å². The standard InChI is InChI=1S/C16H13Cl2N3O2S/c1-2-23-16(22)11-6-20-21(8-11)9-15-19-7-14(24-15)10-3-4-12(17)13(18)5-10/h3-8H,2,9H2,1H3. The van der Waals surface area contributed by atoms with E-state index < -0.39 is 0 Å². The van der Waals surface area contributed by atoms with Crippen LogP contribution in [0.3, 0.4) is 0 Å². The molecule has 0 aliphatic rings. The molecule has 1 aromatic carbocycles. The van der Waals surface area contributed by atoms with E-state index in [0.29, 0.717) is 28.8 Å². The number of hydrogen-bond donors (Lipinski definition) is 0. The Labute approximate surface area is 152 Å². The van der Waals surface area contributed by atoms with Crippen molar-refractivity contribution in [1.82, 2.24) is 14.8 Å². The molecule has 2 heterocycles. The molecule has 2 aromatic heterocycles. The van der Waals surface area contributed by atoms with Gasteiger partial charge >= 0.3 is 5.97 Å². The normalized spacial score (nSPS) is 10.8. The molecule has 0 spiro atoms. The summed E-state index contributed by atoms with van der Waals surface area (Å²) in [5.74, 6) is -0.376. The topological polar surface area (TPSA) is 57.0 Å². The maximum Gasteiger partial charge on any atom is 0.341 e. The van der Waals surface area contributed by atoms with Gasteiger partial charge in [-0.3, -0.25) is 4.68 Å². The van der Waals surface area contributed by atoms with Gasteiger partial charge in [0.2, 0.25) is 0 Å². The van der Waals surface area contributed by atoms with Crippen molar-refractivity contribution < 1.29 is 9.53 Å². The Morgan fingerprint density at radius 1 is 1.29 bits per heavy atom. The van der Waals surface area contributed by atoms with Crippen LogP contribution < -0.4 is 0 Å². The molecule has 0 aliphatic carbocycles. The molecule has 24 heavy (non-hydrogen) atoms. The molecule has 3 rings (SSSR count). The minimum atomic E-state index is -0.376. The summed E-state index contributed by atoms with van der Waals surface area (Å²) in [5, 5.41) is 6.07. The van der Waals surface area contributed by atoms with Gasteiger partial charge in [0.05, 0.1) is 39.8 Å². The van der Waals surface area contributed by atoms with Crippen molar-refractivity contribution in [2.24, 2.45) is 0 Å². The third kappa shape index (κ3) is 3.77. The van der Waals surface area contributed by atoms with E-state index in [9.17, 15) is 4.79 Å². The summed E-state index contributed by atoms with van der Waals surface area (Å²) in [5.41, 5.74) is 1.39. The Hall–Kier alpha value is -1.89. The SMILES string of the molecule is CCOC(=O)c1cnn(Cc2ncc(-c3ccc(Cl)c(Cl)c3)s2)c1. The van der Waals surface area contributed by atoms with E-state index in [1.54, 1.807) is 30.1 Å². The Morgan fingerprint density at radius 3 is 2.88 bits per heavy atom. The van der Waals surface area contributed by atoms with Crippen LogP contribution in [0.4, 0.5) is 0 Å². The van der Waals surface area contributed by atoms with Crippen molar-refractivity contribution in [3.05, 3.63) is 57.4 Å². The van der Waals surface area contributed by atoms with E-state index in [-0.39, 0.29) is 5.97 Å². The lowest BCUT2D eigenvalue weighted by Crippen LogP contribution is -2.03. The van der Waals surface area contributed by atoms with Gasteiger partial charge in [-0.25, -0.2) is 9.78 Å². The van der Waals surface area contributed by atoms with Gasteiger partial charge in [0.25, 0.3) is 0 Å². The van der Waals surface area contributed by atoms with Crippen molar-refractivity contribution in [3.8, 4) is 10.4 Å². The molecule has 0 aliphatic heterocycles. The molecule has 0 fully saturated rings. The van der Waals surface area contributed by atoms with Crippen LogP contribution in [-0.2, 0) is 11.3 Å². The summed E-state index contributed by atoms with van der Waals surface area (Å²) in [6.07, 6.45) is 4.93. The van der Waals surface area contributed by atoms with E-state index in [1.807, 2.05) is 12.1 Å². The number of esters is 1. The number of nitrogens with zero attached hydrogens (tertiary/aromatic N) is 3. The summed E-state index contributed by atoms with van der Waals surface area (Å²) in [7, 11) is 0. The Kier molecular flexibility index (Phi) is 5.18. The van der Waals surface area contributed by atoms with Crippen LogP contribution >= 0.6 is 34.5 Å². The van der Waals surface area contributed by atoms with Gasteiger partial charge in [-0.1, -0.05) is 29.3 Å². The fourth-order valence-electron chi connectivity index (χ4n) is 2.07. The molecular weight excluding hydrogens is 369 g/mol. The zero-order chi connectivity index (χ0) is 17.1. The quantitative estimate of drug-likeness (QED) is 0.608. The first-order valence-electron chi connectivity index (χ1n) is 7.16. The predicted octanol–water partition coefficient (Wildman–Crippen LogP) is 4.54. The number of thiazole rings is 1. The fourth-order valence-corrected chi connectivity index (χ4v) is 3.28. The van der Waals surface area contributed by atoms with Crippen molar-refractivity contribution >= 4 is 40.5 Å². The number of aromatic nitrogens is 3. The van der Waals surface area contributed by atoms with E-state index in [0.717, 1.165) is 15.4 Å². The van der Waals surface area contributed by atoms with Gasteiger partial charge in [0.15, 0.2) is 0 Å². The van der Waals surface area contributed by atoms with Crippen molar-refractivity contribution in [3.63, 3.8) is 0 Å². The highest BCUT2D eigenvalue weighted by atomic mass is 35.5. The maximum atomic E-state index is 11.6. The molecule has 0 bridgehead atoms. The van der Waals surface area contributed by atoms with Crippen LogP contribution in [0.1, 0.15) is 22.3 Å². The minimum Gasteiger partial charge on any atom is -0.462 e. The number of benzene rings is 1. The summed E-state index contributed by atoms with van der Waals surface area (Å²) in [6, 6.07) is 5.48. The number of carbonyl (C=O) groups excluding carboxylic acids is 1. The molecule has 0 saturated carbocycles. The number of carbonyl (C=O) groups is 1. The molecule has 124 valence electrons. The van der Waals surface area contributed by atoms with Crippen LogP contribution in [0.25, 0.3) is 10.4 Å². The monoisotopic (exact) mass is 381 g/mol. The highest BCUT2D eigenvalue weighted by molar-refractivity contribution is 7.15. The van der Waals surface area contributed by atoms with E-state index in [4.69, 9.17) is 27.9 Å². The highest BCUT2D eigenvalue weighted by Crippen LogP contribution is 2.31. The minimum absolute atomic E-state index is 0.337. The molecule has 8 heteroatoms. The average molecular weight is 382 g/mol. The van der Waals surface area contributed by atoms with Gasteiger partial charge in [0.1, 0.15) is 5.01 Å². The average Bonchev–Trinajstić information content (AvgIpc) is 3.20. The van der Waals surface area contributed by atoms with E-state index >= 15 is 0 Å². The van der Waals surface area contributed by atoms with Crippen LogP contribution in [0.2, 0.25) is 10.0 Å².